The topological polar surface area (TPSA) is 57.7 Å². The number of rotatable bonds is 2. The van der Waals surface area contributed by atoms with Crippen molar-refractivity contribution in [2.24, 2.45) is 0 Å². The van der Waals surface area contributed by atoms with Crippen LogP contribution in [0.4, 0.5) is 5.95 Å². The molecule has 5 heteroatoms. The van der Waals surface area contributed by atoms with Crippen molar-refractivity contribution in [2.75, 3.05) is 18.0 Å². The molecule has 2 aromatic rings. The summed E-state index contributed by atoms with van der Waals surface area (Å²) in [5.74, 6) is 1.54. The van der Waals surface area contributed by atoms with E-state index in [1.807, 2.05) is 18.2 Å². The van der Waals surface area contributed by atoms with Gasteiger partial charge in [-0.15, -0.1) is 5.10 Å². The van der Waals surface area contributed by atoms with Gasteiger partial charge in [0.1, 0.15) is 5.69 Å². The minimum atomic E-state index is 0.742. The van der Waals surface area contributed by atoms with E-state index in [9.17, 15) is 0 Å². The van der Waals surface area contributed by atoms with Crippen molar-refractivity contribution in [2.45, 2.75) is 19.3 Å². The predicted octanol–water partition coefficient (Wildman–Crippen LogP) is 1.86. The Morgan fingerprint density at radius 3 is 2.76 bits per heavy atom. The molecule has 0 unspecified atom stereocenters. The van der Waals surface area contributed by atoms with Gasteiger partial charge in [0.05, 0.1) is 0 Å². The Bertz CT molecular complexity index is 473. The fraction of sp³-hybridized carbons (Fsp3) is 0.417. The van der Waals surface area contributed by atoms with Crippen LogP contribution in [-0.4, -0.2) is 33.3 Å². The smallest absolute Gasteiger partial charge is 0.245 e. The maximum Gasteiger partial charge on any atom is 0.245 e. The van der Waals surface area contributed by atoms with Gasteiger partial charge in [0.15, 0.2) is 5.82 Å². The predicted molar refractivity (Wildman–Crippen MR) is 65.7 cm³/mol. The quantitative estimate of drug-likeness (QED) is 0.854. The maximum absolute atomic E-state index is 4.50. The van der Waals surface area contributed by atoms with Gasteiger partial charge in [0.2, 0.25) is 5.95 Å². The highest BCUT2D eigenvalue weighted by Crippen LogP contribution is 2.18. The van der Waals surface area contributed by atoms with Gasteiger partial charge in [-0.2, -0.15) is 4.98 Å². The lowest BCUT2D eigenvalue weighted by Gasteiger charge is -2.24. The van der Waals surface area contributed by atoms with Crippen LogP contribution in [-0.2, 0) is 0 Å². The monoisotopic (exact) mass is 229 g/mol. The number of hydrogen-bond donors (Lipinski definition) is 1. The summed E-state index contributed by atoms with van der Waals surface area (Å²) in [6.07, 6.45) is 5.54. The number of aromatic amines is 1. The zero-order valence-corrected chi connectivity index (χ0v) is 9.63. The van der Waals surface area contributed by atoms with Crippen molar-refractivity contribution < 1.29 is 0 Å². The summed E-state index contributed by atoms with van der Waals surface area (Å²) in [5.41, 5.74) is 0.836. The van der Waals surface area contributed by atoms with Gasteiger partial charge in [0, 0.05) is 19.3 Å². The Labute approximate surface area is 99.9 Å². The zero-order valence-electron chi connectivity index (χ0n) is 9.63. The zero-order chi connectivity index (χ0) is 11.5. The Hall–Kier alpha value is -1.91. The first kappa shape index (κ1) is 10.3. The van der Waals surface area contributed by atoms with Gasteiger partial charge in [-0.3, -0.25) is 10.1 Å². The molecule has 1 aliphatic heterocycles. The van der Waals surface area contributed by atoms with Crippen molar-refractivity contribution in [3.8, 4) is 11.5 Å². The van der Waals surface area contributed by atoms with Crippen molar-refractivity contribution in [3.63, 3.8) is 0 Å². The molecule has 1 N–H and O–H groups in total. The van der Waals surface area contributed by atoms with Gasteiger partial charge in [-0.25, -0.2) is 0 Å². The molecule has 1 fully saturated rings. The number of H-pyrrole nitrogens is 1. The highest BCUT2D eigenvalue weighted by molar-refractivity contribution is 5.50. The van der Waals surface area contributed by atoms with Gasteiger partial charge < -0.3 is 4.90 Å². The third-order valence-electron chi connectivity index (χ3n) is 3.02. The molecule has 88 valence electrons. The van der Waals surface area contributed by atoms with E-state index >= 15 is 0 Å². The average Bonchev–Trinajstić information content (AvgIpc) is 2.90. The van der Waals surface area contributed by atoms with Crippen molar-refractivity contribution >= 4 is 5.95 Å². The first-order chi connectivity index (χ1) is 8.43. The highest BCUT2D eigenvalue weighted by atomic mass is 15.4. The van der Waals surface area contributed by atoms with E-state index in [0.717, 1.165) is 30.6 Å². The molecule has 0 bridgehead atoms. The number of pyridine rings is 1. The van der Waals surface area contributed by atoms with E-state index < -0.39 is 0 Å². The van der Waals surface area contributed by atoms with E-state index in [-0.39, 0.29) is 0 Å². The molecule has 0 aromatic carbocycles. The summed E-state index contributed by atoms with van der Waals surface area (Å²) in [4.78, 5) is 11.0. The van der Waals surface area contributed by atoms with Crippen molar-refractivity contribution in [3.05, 3.63) is 24.4 Å². The number of hydrogen-bond acceptors (Lipinski definition) is 4. The molecule has 3 rings (SSSR count). The molecule has 17 heavy (non-hydrogen) atoms. The van der Waals surface area contributed by atoms with Crippen LogP contribution < -0.4 is 4.90 Å². The molecule has 0 radical (unpaired) electrons. The van der Waals surface area contributed by atoms with Gasteiger partial charge >= 0.3 is 0 Å². The van der Waals surface area contributed by atoms with Gasteiger partial charge in [-0.05, 0) is 31.4 Å². The Kier molecular flexibility index (Phi) is 2.73. The summed E-state index contributed by atoms with van der Waals surface area (Å²) in [6, 6.07) is 5.78. The number of aromatic nitrogens is 4. The lowest BCUT2D eigenvalue weighted by Crippen LogP contribution is -2.30. The summed E-state index contributed by atoms with van der Waals surface area (Å²) >= 11 is 0. The fourth-order valence-corrected chi connectivity index (χ4v) is 2.11. The summed E-state index contributed by atoms with van der Waals surface area (Å²) in [7, 11) is 0. The largest absolute Gasteiger partial charge is 0.340 e. The average molecular weight is 229 g/mol. The first-order valence-electron chi connectivity index (χ1n) is 6.02. The molecule has 1 saturated heterocycles. The minimum absolute atomic E-state index is 0.742. The lowest BCUT2D eigenvalue weighted by atomic mass is 10.1. The van der Waals surface area contributed by atoms with Crippen LogP contribution >= 0.6 is 0 Å². The molecule has 0 aliphatic carbocycles. The molecule has 2 aromatic heterocycles. The van der Waals surface area contributed by atoms with Crippen LogP contribution in [0.25, 0.3) is 11.5 Å². The molecule has 3 heterocycles. The third-order valence-corrected chi connectivity index (χ3v) is 3.02. The normalized spacial score (nSPS) is 16.1. The van der Waals surface area contributed by atoms with Crippen LogP contribution in [0, 0.1) is 0 Å². The SMILES string of the molecule is c1ccc(-c2nc(N3CCCCC3)n[nH]2)nc1. The Balaban J connectivity index is 1.83. The number of anilines is 1. The second-order valence-corrected chi connectivity index (χ2v) is 4.25. The third kappa shape index (κ3) is 2.13. The van der Waals surface area contributed by atoms with E-state index in [2.05, 4.69) is 25.1 Å². The molecular weight excluding hydrogens is 214 g/mol. The van der Waals surface area contributed by atoms with E-state index in [1.165, 1.54) is 19.3 Å². The molecule has 0 atom stereocenters. The van der Waals surface area contributed by atoms with Gasteiger partial charge in [0.25, 0.3) is 0 Å². The second-order valence-electron chi connectivity index (χ2n) is 4.25. The molecular formula is C12H15N5. The number of nitrogens with one attached hydrogen (secondary N) is 1. The Morgan fingerprint density at radius 2 is 2.00 bits per heavy atom. The summed E-state index contributed by atoms with van der Waals surface area (Å²) in [6.45, 7) is 2.11. The molecule has 5 nitrogen and oxygen atoms in total. The van der Waals surface area contributed by atoms with Gasteiger partial charge in [-0.1, -0.05) is 6.07 Å². The van der Waals surface area contributed by atoms with Crippen LogP contribution in [0.5, 0.6) is 0 Å². The molecule has 1 aliphatic rings. The molecule has 0 amide bonds. The standard InChI is InChI=1S/C12H15N5/c1-4-8-17(9-5-1)12-14-11(15-16-12)10-6-2-3-7-13-10/h2-3,6-7H,1,4-5,8-9H2,(H,14,15,16). The summed E-state index contributed by atoms with van der Waals surface area (Å²) in [5, 5.41) is 7.22. The van der Waals surface area contributed by atoms with Crippen LogP contribution in [0.1, 0.15) is 19.3 Å². The Morgan fingerprint density at radius 1 is 1.12 bits per heavy atom. The van der Waals surface area contributed by atoms with Crippen LogP contribution in [0.3, 0.4) is 0 Å². The number of nitrogens with zero attached hydrogens (tertiary/aromatic N) is 4. The van der Waals surface area contributed by atoms with Crippen LogP contribution in [0.15, 0.2) is 24.4 Å². The summed E-state index contributed by atoms with van der Waals surface area (Å²) < 4.78 is 0. The van der Waals surface area contributed by atoms with E-state index in [1.54, 1.807) is 6.20 Å². The molecule has 0 spiro atoms. The van der Waals surface area contributed by atoms with Crippen molar-refractivity contribution in [1.82, 2.24) is 20.2 Å². The van der Waals surface area contributed by atoms with Crippen molar-refractivity contribution in [1.29, 1.82) is 0 Å². The highest BCUT2D eigenvalue weighted by Gasteiger charge is 2.15. The van der Waals surface area contributed by atoms with E-state index in [4.69, 9.17) is 0 Å². The fourth-order valence-electron chi connectivity index (χ4n) is 2.11. The van der Waals surface area contributed by atoms with E-state index in [0.29, 0.717) is 0 Å². The minimum Gasteiger partial charge on any atom is -0.340 e. The maximum atomic E-state index is 4.50. The lowest BCUT2D eigenvalue weighted by molar-refractivity contribution is 0.569. The number of piperidine rings is 1. The van der Waals surface area contributed by atoms with Crippen LogP contribution in [0.2, 0.25) is 0 Å². The first-order valence-corrected chi connectivity index (χ1v) is 6.02. The second kappa shape index (κ2) is 4.53. The molecule has 0 saturated carbocycles.